The van der Waals surface area contributed by atoms with Crippen LogP contribution in [0.4, 0.5) is 27.6 Å². The predicted octanol–water partition coefficient (Wildman–Crippen LogP) is 3.77. The maximum absolute atomic E-state index is 13.8. The van der Waals surface area contributed by atoms with Gasteiger partial charge in [0.1, 0.15) is 17.3 Å². The molecule has 0 saturated heterocycles. The van der Waals surface area contributed by atoms with Crippen LogP contribution in [0.25, 0.3) is 0 Å². The van der Waals surface area contributed by atoms with Crippen LogP contribution in [0.3, 0.4) is 0 Å². The minimum Gasteiger partial charge on any atom is -0.350 e. The van der Waals surface area contributed by atoms with Crippen molar-refractivity contribution in [3.05, 3.63) is 65.2 Å². The number of hydrogen-bond acceptors (Lipinski definition) is 2. The van der Waals surface area contributed by atoms with Crippen molar-refractivity contribution in [1.82, 2.24) is 5.32 Å². The molecule has 9 heteroatoms. The van der Waals surface area contributed by atoms with Crippen molar-refractivity contribution in [3.63, 3.8) is 0 Å². The summed E-state index contributed by atoms with van der Waals surface area (Å²) in [4.78, 5) is 24.5. The van der Waals surface area contributed by atoms with Crippen LogP contribution in [-0.2, 0) is 11.0 Å². The maximum atomic E-state index is 13.8. The number of amides is 2. The van der Waals surface area contributed by atoms with Crippen LogP contribution in [0.1, 0.15) is 22.8 Å². The fraction of sp³-hybridized carbons (Fsp3) is 0.222. The van der Waals surface area contributed by atoms with E-state index in [0.717, 1.165) is 54.3 Å². The molecule has 0 aliphatic rings. The van der Waals surface area contributed by atoms with Crippen LogP contribution in [0.15, 0.2) is 42.5 Å². The van der Waals surface area contributed by atoms with E-state index >= 15 is 0 Å². The zero-order valence-corrected chi connectivity index (χ0v) is 14.1. The molecule has 0 aliphatic carbocycles. The third kappa shape index (κ3) is 5.02. The fourth-order valence-electron chi connectivity index (χ4n) is 2.37. The van der Waals surface area contributed by atoms with Crippen molar-refractivity contribution >= 4 is 17.5 Å². The number of benzene rings is 2. The smallest absolute Gasteiger partial charge is 0.350 e. The fourth-order valence-corrected chi connectivity index (χ4v) is 2.37. The van der Waals surface area contributed by atoms with Gasteiger partial charge in [-0.05, 0) is 36.4 Å². The van der Waals surface area contributed by atoms with Crippen LogP contribution < -0.4 is 10.2 Å². The van der Waals surface area contributed by atoms with E-state index < -0.39 is 40.9 Å². The highest BCUT2D eigenvalue weighted by atomic mass is 19.4. The number of halogens is 5. The summed E-state index contributed by atoms with van der Waals surface area (Å²) in [5.74, 6) is -3.18. The Morgan fingerprint density at radius 3 is 2.04 bits per heavy atom. The normalized spacial score (nSPS) is 11.2. The number of nitrogens with zero attached hydrogens (tertiary/aromatic N) is 1. The molecule has 0 atom stereocenters. The van der Waals surface area contributed by atoms with Crippen LogP contribution in [0, 0.1) is 11.6 Å². The van der Waals surface area contributed by atoms with Crippen LogP contribution in [-0.4, -0.2) is 24.9 Å². The number of carbonyl (C=O) groups is 2. The third-order valence-electron chi connectivity index (χ3n) is 3.68. The van der Waals surface area contributed by atoms with E-state index in [1.165, 1.54) is 0 Å². The number of anilines is 1. The van der Waals surface area contributed by atoms with E-state index in [1.807, 2.05) is 0 Å². The SMILES string of the molecule is CC(=O)N(CCNC(=O)c1ccc(C(F)(F)F)cc1)c1c(F)cccc1F. The van der Waals surface area contributed by atoms with Gasteiger partial charge in [-0.1, -0.05) is 6.07 Å². The lowest BCUT2D eigenvalue weighted by Gasteiger charge is -2.22. The van der Waals surface area contributed by atoms with Gasteiger partial charge in [0.15, 0.2) is 0 Å². The number of hydrogen-bond donors (Lipinski definition) is 1. The second-order valence-electron chi connectivity index (χ2n) is 5.57. The zero-order chi connectivity index (χ0) is 20.2. The van der Waals surface area contributed by atoms with Crippen LogP contribution in [0.2, 0.25) is 0 Å². The van der Waals surface area contributed by atoms with E-state index in [4.69, 9.17) is 0 Å². The molecule has 2 amide bonds. The van der Waals surface area contributed by atoms with Crippen molar-refractivity contribution in [2.75, 3.05) is 18.0 Å². The first-order chi connectivity index (χ1) is 12.6. The second kappa shape index (κ2) is 8.15. The van der Waals surface area contributed by atoms with E-state index in [1.54, 1.807) is 0 Å². The van der Waals surface area contributed by atoms with Gasteiger partial charge in [-0.15, -0.1) is 0 Å². The van der Waals surface area contributed by atoms with Gasteiger partial charge in [-0.25, -0.2) is 8.78 Å². The van der Waals surface area contributed by atoms with Gasteiger partial charge in [-0.3, -0.25) is 9.59 Å². The summed E-state index contributed by atoms with van der Waals surface area (Å²) in [5, 5.41) is 2.39. The van der Waals surface area contributed by atoms with E-state index in [0.29, 0.717) is 0 Å². The van der Waals surface area contributed by atoms with Gasteiger partial charge >= 0.3 is 6.18 Å². The number of carbonyl (C=O) groups excluding carboxylic acids is 2. The molecule has 0 aromatic heterocycles. The number of rotatable bonds is 5. The lowest BCUT2D eigenvalue weighted by molar-refractivity contribution is -0.137. The Bertz CT molecular complexity index is 814. The van der Waals surface area contributed by atoms with Gasteiger partial charge < -0.3 is 10.2 Å². The molecule has 0 bridgehead atoms. The highest BCUT2D eigenvalue weighted by molar-refractivity contribution is 5.94. The average Bonchev–Trinajstić information content (AvgIpc) is 2.59. The number of para-hydroxylation sites is 1. The Kier molecular flexibility index (Phi) is 6.14. The molecule has 0 radical (unpaired) electrons. The van der Waals surface area contributed by atoms with Crippen molar-refractivity contribution in [2.45, 2.75) is 13.1 Å². The molecule has 0 unspecified atom stereocenters. The van der Waals surface area contributed by atoms with Crippen molar-refractivity contribution < 1.29 is 31.5 Å². The Hall–Kier alpha value is -2.97. The highest BCUT2D eigenvalue weighted by Crippen LogP contribution is 2.29. The Balaban J connectivity index is 2.03. The van der Waals surface area contributed by atoms with Crippen molar-refractivity contribution in [3.8, 4) is 0 Å². The van der Waals surface area contributed by atoms with Gasteiger partial charge in [0.2, 0.25) is 5.91 Å². The Morgan fingerprint density at radius 2 is 1.56 bits per heavy atom. The van der Waals surface area contributed by atoms with Crippen molar-refractivity contribution in [2.24, 2.45) is 0 Å². The van der Waals surface area contributed by atoms with Crippen LogP contribution in [0.5, 0.6) is 0 Å². The first kappa shape index (κ1) is 20.3. The molecule has 4 nitrogen and oxygen atoms in total. The molecule has 144 valence electrons. The zero-order valence-electron chi connectivity index (χ0n) is 14.1. The molecule has 0 saturated carbocycles. The monoisotopic (exact) mass is 386 g/mol. The maximum Gasteiger partial charge on any atom is 0.416 e. The first-order valence-corrected chi connectivity index (χ1v) is 7.79. The molecule has 2 aromatic rings. The largest absolute Gasteiger partial charge is 0.416 e. The summed E-state index contributed by atoms with van der Waals surface area (Å²) in [6.45, 7) is 0.732. The first-order valence-electron chi connectivity index (χ1n) is 7.79. The molecule has 0 spiro atoms. The number of nitrogens with one attached hydrogen (secondary N) is 1. The van der Waals surface area contributed by atoms with Gasteiger partial charge in [0.05, 0.1) is 5.56 Å². The number of alkyl halides is 3. The highest BCUT2D eigenvalue weighted by Gasteiger charge is 2.30. The minimum atomic E-state index is -4.51. The van der Waals surface area contributed by atoms with E-state index in [-0.39, 0.29) is 18.7 Å². The third-order valence-corrected chi connectivity index (χ3v) is 3.68. The molecule has 0 aliphatic heterocycles. The Labute approximate surface area is 151 Å². The average molecular weight is 386 g/mol. The van der Waals surface area contributed by atoms with Gasteiger partial charge in [0, 0.05) is 25.6 Å². The topological polar surface area (TPSA) is 49.4 Å². The lowest BCUT2D eigenvalue weighted by atomic mass is 10.1. The molecular weight excluding hydrogens is 371 g/mol. The lowest BCUT2D eigenvalue weighted by Crippen LogP contribution is -2.38. The summed E-state index contributed by atoms with van der Waals surface area (Å²) < 4.78 is 65.2. The minimum absolute atomic E-state index is 0.0190. The molecule has 1 N–H and O–H groups in total. The van der Waals surface area contributed by atoms with Crippen LogP contribution >= 0.6 is 0 Å². The molecule has 0 heterocycles. The standard InChI is InChI=1S/C18H15F5N2O2/c1-11(26)25(16-14(19)3-2-4-15(16)20)10-9-24-17(27)12-5-7-13(8-6-12)18(21,22)23/h2-8H,9-10H2,1H3,(H,24,27). The quantitative estimate of drug-likeness (QED) is 0.796. The molecule has 2 aromatic carbocycles. The summed E-state index contributed by atoms with van der Waals surface area (Å²) >= 11 is 0. The van der Waals surface area contributed by atoms with E-state index in [2.05, 4.69) is 5.32 Å². The summed E-state index contributed by atoms with van der Waals surface area (Å²) in [6.07, 6.45) is -4.51. The predicted molar refractivity (Wildman–Crippen MR) is 88.2 cm³/mol. The van der Waals surface area contributed by atoms with E-state index in [9.17, 15) is 31.5 Å². The second-order valence-corrected chi connectivity index (χ2v) is 5.57. The molecule has 0 fully saturated rings. The van der Waals surface area contributed by atoms with Crippen molar-refractivity contribution in [1.29, 1.82) is 0 Å². The van der Waals surface area contributed by atoms with Gasteiger partial charge in [-0.2, -0.15) is 13.2 Å². The summed E-state index contributed by atoms with van der Waals surface area (Å²) in [5.41, 5.74) is -1.44. The van der Waals surface area contributed by atoms with Gasteiger partial charge in [0.25, 0.3) is 5.91 Å². The summed E-state index contributed by atoms with van der Waals surface area (Å²) in [7, 11) is 0. The Morgan fingerprint density at radius 1 is 1.00 bits per heavy atom. The summed E-state index contributed by atoms with van der Waals surface area (Å²) in [6, 6.07) is 6.70. The molecular formula is C18H15F5N2O2. The molecule has 27 heavy (non-hydrogen) atoms. The molecule has 2 rings (SSSR count).